The van der Waals surface area contributed by atoms with Gasteiger partial charge in [-0.1, -0.05) is 28.9 Å². The van der Waals surface area contributed by atoms with Gasteiger partial charge in [-0.3, -0.25) is 4.79 Å². The van der Waals surface area contributed by atoms with Crippen LogP contribution in [0, 0.1) is 0 Å². The normalized spacial score (nSPS) is 10.6. The summed E-state index contributed by atoms with van der Waals surface area (Å²) in [5, 5.41) is 3.98. The van der Waals surface area contributed by atoms with Gasteiger partial charge in [-0.25, -0.2) is 10.2 Å². The lowest BCUT2D eigenvalue weighted by molar-refractivity contribution is 0.0729. The molecule has 0 bridgehead atoms. The maximum absolute atomic E-state index is 12.5. The van der Waals surface area contributed by atoms with Crippen molar-refractivity contribution in [3.8, 4) is 17.2 Å². The summed E-state index contributed by atoms with van der Waals surface area (Å²) in [6.45, 7) is 2.64. The minimum Gasteiger partial charge on any atom is -0.494 e. The molecule has 0 aliphatic carbocycles. The molecule has 1 amide bonds. The molecule has 0 saturated heterocycles. The predicted molar refractivity (Wildman–Crippen MR) is 129 cm³/mol. The molecule has 1 N–H and O–H groups in total. The lowest BCUT2D eigenvalue weighted by Crippen LogP contribution is -2.17. The molecule has 0 saturated carbocycles. The Morgan fingerprint density at radius 2 is 1.79 bits per heavy atom. The van der Waals surface area contributed by atoms with E-state index in [-0.39, 0.29) is 11.7 Å². The van der Waals surface area contributed by atoms with Crippen LogP contribution in [0.25, 0.3) is 0 Å². The number of ether oxygens (including phenoxy) is 3. The number of hydrogen-bond donors (Lipinski definition) is 1. The number of rotatable bonds is 9. The molecule has 3 aromatic carbocycles. The highest BCUT2D eigenvalue weighted by Crippen LogP contribution is 2.28. The van der Waals surface area contributed by atoms with Crippen LogP contribution >= 0.6 is 15.9 Å². The summed E-state index contributed by atoms with van der Waals surface area (Å²) in [5.74, 6) is 0.466. The van der Waals surface area contributed by atoms with Gasteiger partial charge in [-0.15, -0.1) is 0 Å². The number of carbonyl (C=O) groups is 2. The van der Waals surface area contributed by atoms with Gasteiger partial charge in [0.25, 0.3) is 5.91 Å². The average Bonchev–Trinajstić information content (AvgIpc) is 2.83. The minimum atomic E-state index is -0.516. The van der Waals surface area contributed by atoms with E-state index >= 15 is 0 Å². The first-order valence-electron chi connectivity index (χ1n) is 10.2. The van der Waals surface area contributed by atoms with E-state index in [1.165, 1.54) is 13.3 Å². The van der Waals surface area contributed by atoms with Crippen molar-refractivity contribution in [2.75, 3.05) is 13.7 Å². The lowest BCUT2D eigenvalue weighted by atomic mass is 10.2. The van der Waals surface area contributed by atoms with E-state index in [9.17, 15) is 9.59 Å². The van der Waals surface area contributed by atoms with Crippen LogP contribution < -0.4 is 19.6 Å². The number of esters is 1. The quantitative estimate of drug-likeness (QED) is 0.184. The molecule has 8 heteroatoms. The Bertz CT molecular complexity index is 1150. The van der Waals surface area contributed by atoms with Crippen LogP contribution in [0.1, 0.15) is 39.6 Å². The van der Waals surface area contributed by atoms with Crippen molar-refractivity contribution in [3.63, 3.8) is 0 Å². The molecule has 7 nitrogen and oxygen atoms in total. The largest absolute Gasteiger partial charge is 0.494 e. The van der Waals surface area contributed by atoms with Gasteiger partial charge in [-0.2, -0.15) is 5.10 Å². The zero-order valence-electron chi connectivity index (χ0n) is 18.2. The molecule has 0 heterocycles. The Morgan fingerprint density at radius 1 is 1.00 bits per heavy atom. The molecule has 33 heavy (non-hydrogen) atoms. The maximum atomic E-state index is 12.5. The van der Waals surface area contributed by atoms with Gasteiger partial charge in [0, 0.05) is 10.0 Å². The van der Waals surface area contributed by atoms with Crippen molar-refractivity contribution in [3.05, 3.63) is 87.9 Å². The van der Waals surface area contributed by atoms with Crippen molar-refractivity contribution in [2.45, 2.75) is 13.3 Å². The van der Waals surface area contributed by atoms with Gasteiger partial charge in [0.05, 0.1) is 25.5 Å². The van der Waals surface area contributed by atoms with E-state index < -0.39 is 5.97 Å². The first-order valence-corrected chi connectivity index (χ1v) is 11.0. The highest BCUT2D eigenvalue weighted by atomic mass is 79.9. The Balaban J connectivity index is 1.63. The average molecular weight is 511 g/mol. The first-order chi connectivity index (χ1) is 16.0. The molecule has 3 rings (SSSR count). The summed E-state index contributed by atoms with van der Waals surface area (Å²) in [4.78, 5) is 24.7. The molecule has 0 atom stereocenters. The van der Waals surface area contributed by atoms with Crippen molar-refractivity contribution < 1.29 is 23.8 Å². The maximum Gasteiger partial charge on any atom is 0.343 e. The molecule has 0 aliphatic heterocycles. The molecule has 0 aromatic heterocycles. The fourth-order valence-corrected chi connectivity index (χ4v) is 3.17. The Morgan fingerprint density at radius 3 is 2.48 bits per heavy atom. The van der Waals surface area contributed by atoms with Gasteiger partial charge in [0.2, 0.25) is 0 Å². The Kier molecular flexibility index (Phi) is 8.60. The summed E-state index contributed by atoms with van der Waals surface area (Å²) < 4.78 is 17.2. The molecule has 0 aliphatic rings. The van der Waals surface area contributed by atoms with Crippen LogP contribution in [0.5, 0.6) is 17.2 Å². The molecule has 3 aromatic rings. The van der Waals surface area contributed by atoms with Gasteiger partial charge < -0.3 is 14.2 Å². The standard InChI is InChI=1S/C25H23BrN2O5/c1-3-13-32-21-10-8-18(9-11-21)25(30)33-22-12-7-17(14-23(22)31-2)16-27-28-24(29)19-5-4-6-20(26)15-19/h4-12,14-16H,3,13H2,1-2H3,(H,28,29). The van der Waals surface area contributed by atoms with E-state index in [1.807, 2.05) is 13.0 Å². The summed E-state index contributed by atoms with van der Waals surface area (Å²) in [7, 11) is 1.47. The molecular formula is C25H23BrN2O5. The van der Waals surface area contributed by atoms with Crippen molar-refractivity contribution in [1.82, 2.24) is 5.43 Å². The van der Waals surface area contributed by atoms with Crippen LogP contribution in [0.4, 0.5) is 0 Å². The second-order valence-electron chi connectivity index (χ2n) is 6.88. The number of hydrazone groups is 1. The lowest BCUT2D eigenvalue weighted by Gasteiger charge is -2.10. The molecular weight excluding hydrogens is 488 g/mol. The van der Waals surface area contributed by atoms with Gasteiger partial charge >= 0.3 is 5.97 Å². The summed E-state index contributed by atoms with van der Waals surface area (Å²) in [5.41, 5.74) is 3.99. The first kappa shape index (κ1) is 24.0. The van der Waals surface area contributed by atoms with Crippen molar-refractivity contribution in [2.24, 2.45) is 5.10 Å². The van der Waals surface area contributed by atoms with Crippen LogP contribution in [0.3, 0.4) is 0 Å². The van der Waals surface area contributed by atoms with E-state index in [2.05, 4.69) is 26.5 Å². The fraction of sp³-hybridized carbons (Fsp3) is 0.160. The number of amides is 1. The van der Waals surface area contributed by atoms with E-state index in [0.29, 0.717) is 34.8 Å². The van der Waals surface area contributed by atoms with Crippen molar-refractivity contribution in [1.29, 1.82) is 0 Å². The molecule has 170 valence electrons. The summed E-state index contributed by atoms with van der Waals surface area (Å²) in [6, 6.07) is 18.7. The highest BCUT2D eigenvalue weighted by Gasteiger charge is 2.13. The van der Waals surface area contributed by atoms with Crippen LogP contribution in [-0.4, -0.2) is 31.8 Å². The topological polar surface area (TPSA) is 86.2 Å². The van der Waals surface area contributed by atoms with Gasteiger partial charge in [0.1, 0.15) is 5.75 Å². The zero-order valence-corrected chi connectivity index (χ0v) is 19.8. The smallest absolute Gasteiger partial charge is 0.343 e. The summed E-state index contributed by atoms with van der Waals surface area (Å²) in [6.07, 6.45) is 2.38. The molecule has 0 fully saturated rings. The summed E-state index contributed by atoms with van der Waals surface area (Å²) >= 11 is 3.33. The van der Waals surface area contributed by atoms with Crippen LogP contribution in [0.2, 0.25) is 0 Å². The number of nitrogens with zero attached hydrogens (tertiary/aromatic N) is 1. The third-order valence-corrected chi connectivity index (χ3v) is 4.91. The monoisotopic (exact) mass is 510 g/mol. The van der Waals surface area contributed by atoms with Crippen molar-refractivity contribution >= 4 is 34.0 Å². The number of halogens is 1. The van der Waals surface area contributed by atoms with E-state index in [1.54, 1.807) is 60.7 Å². The highest BCUT2D eigenvalue weighted by molar-refractivity contribution is 9.10. The second-order valence-corrected chi connectivity index (χ2v) is 7.80. The number of nitrogens with one attached hydrogen (secondary N) is 1. The number of hydrogen-bond acceptors (Lipinski definition) is 6. The Hall–Kier alpha value is -3.65. The minimum absolute atomic E-state index is 0.268. The number of methoxy groups -OCH3 is 1. The fourth-order valence-electron chi connectivity index (χ4n) is 2.77. The zero-order chi connectivity index (χ0) is 23.6. The third-order valence-electron chi connectivity index (χ3n) is 4.42. The van der Waals surface area contributed by atoms with E-state index in [0.717, 1.165) is 10.9 Å². The van der Waals surface area contributed by atoms with E-state index in [4.69, 9.17) is 14.2 Å². The second kappa shape index (κ2) is 11.8. The molecule has 0 unspecified atom stereocenters. The third kappa shape index (κ3) is 6.92. The molecule has 0 spiro atoms. The van der Waals surface area contributed by atoms with Crippen LogP contribution in [0.15, 0.2) is 76.3 Å². The SMILES string of the molecule is CCCOc1ccc(C(=O)Oc2ccc(C=NNC(=O)c3cccc(Br)c3)cc2OC)cc1. The predicted octanol–water partition coefficient (Wildman–Crippen LogP) is 5.23. The number of carbonyl (C=O) groups excluding carboxylic acids is 2. The van der Waals surface area contributed by atoms with Gasteiger partial charge in [0.15, 0.2) is 11.5 Å². The van der Waals surface area contributed by atoms with Crippen LogP contribution in [-0.2, 0) is 0 Å². The number of benzene rings is 3. The van der Waals surface area contributed by atoms with Gasteiger partial charge in [-0.05, 0) is 72.6 Å². The molecule has 0 radical (unpaired) electrons. The Labute approximate surface area is 200 Å².